The lowest BCUT2D eigenvalue weighted by molar-refractivity contribution is -0.186. The normalized spacial score (nSPS) is 18.2. The minimum atomic E-state index is -0.437. The van der Waals surface area contributed by atoms with E-state index in [0.717, 1.165) is 44.9 Å². The number of aryl methyl sites for hydroxylation is 1. The van der Waals surface area contributed by atoms with E-state index in [4.69, 9.17) is 9.57 Å². The maximum atomic E-state index is 13.4. The Hall–Kier alpha value is -3.70. The molecule has 11 nitrogen and oxygen atoms in total. The molecule has 11 heteroatoms. The van der Waals surface area contributed by atoms with Crippen LogP contribution in [-0.2, 0) is 9.57 Å². The third-order valence-corrected chi connectivity index (χ3v) is 6.94. The van der Waals surface area contributed by atoms with Gasteiger partial charge in [-0.2, -0.15) is 4.98 Å². The van der Waals surface area contributed by atoms with Gasteiger partial charge in [0.15, 0.2) is 12.1 Å². The highest BCUT2D eigenvalue weighted by Crippen LogP contribution is 2.32. The zero-order valence-corrected chi connectivity index (χ0v) is 21.0. The van der Waals surface area contributed by atoms with Crippen molar-refractivity contribution in [3.05, 3.63) is 51.6 Å². The fourth-order valence-electron chi connectivity index (χ4n) is 5.01. The average Bonchev–Trinajstić information content (AvgIpc) is 3.42. The van der Waals surface area contributed by atoms with E-state index in [0.29, 0.717) is 34.6 Å². The predicted octanol–water partition coefficient (Wildman–Crippen LogP) is 3.74. The minimum Gasteiger partial charge on any atom is -0.350 e. The van der Waals surface area contributed by atoms with Gasteiger partial charge >= 0.3 is 0 Å². The number of rotatable bonds is 7. The van der Waals surface area contributed by atoms with Crippen LogP contribution >= 0.6 is 0 Å². The molecule has 0 bridgehead atoms. The lowest BCUT2D eigenvalue weighted by atomic mass is 10.0. The SMILES string of the molecule is CC(=O)c1c(C)c2cnc(Nc3ccc(C(=O)NOC4CCCCO4)cn3)nc2n(C2CCCC2)c1=O. The number of hydrogen-bond acceptors (Lipinski definition) is 9. The highest BCUT2D eigenvalue weighted by molar-refractivity contribution is 5.99. The maximum absolute atomic E-state index is 13.4. The molecule has 3 aromatic rings. The highest BCUT2D eigenvalue weighted by Gasteiger charge is 2.26. The molecule has 2 aliphatic rings. The molecule has 1 unspecified atom stereocenters. The van der Waals surface area contributed by atoms with Crippen LogP contribution in [0, 0.1) is 6.92 Å². The number of nitrogens with zero attached hydrogens (tertiary/aromatic N) is 4. The van der Waals surface area contributed by atoms with Gasteiger partial charge in [0.2, 0.25) is 5.95 Å². The molecule has 1 aliphatic heterocycles. The zero-order valence-electron chi connectivity index (χ0n) is 21.0. The maximum Gasteiger partial charge on any atom is 0.276 e. The first-order valence-electron chi connectivity index (χ1n) is 12.7. The summed E-state index contributed by atoms with van der Waals surface area (Å²) in [6.45, 7) is 3.79. The summed E-state index contributed by atoms with van der Waals surface area (Å²) in [5.74, 6) is 0.00577. The van der Waals surface area contributed by atoms with Crippen molar-refractivity contribution in [2.24, 2.45) is 0 Å². The Morgan fingerprint density at radius 2 is 1.86 bits per heavy atom. The van der Waals surface area contributed by atoms with Crippen molar-refractivity contribution in [2.75, 3.05) is 11.9 Å². The monoisotopic (exact) mass is 506 g/mol. The van der Waals surface area contributed by atoms with Gasteiger partial charge in [0.05, 0.1) is 11.1 Å². The smallest absolute Gasteiger partial charge is 0.276 e. The van der Waals surface area contributed by atoms with E-state index < -0.39 is 12.2 Å². The predicted molar refractivity (Wildman–Crippen MR) is 136 cm³/mol. The van der Waals surface area contributed by atoms with Gasteiger partial charge in [0.25, 0.3) is 11.5 Å². The second-order valence-corrected chi connectivity index (χ2v) is 9.50. The van der Waals surface area contributed by atoms with E-state index in [2.05, 4.69) is 25.7 Å². The molecule has 2 fully saturated rings. The van der Waals surface area contributed by atoms with Crippen molar-refractivity contribution in [1.82, 2.24) is 25.0 Å². The van der Waals surface area contributed by atoms with E-state index in [1.54, 1.807) is 29.8 Å². The number of carbonyl (C=O) groups excluding carboxylic acids is 2. The fourth-order valence-corrected chi connectivity index (χ4v) is 5.01. The Bertz CT molecular complexity index is 1370. The van der Waals surface area contributed by atoms with Crippen LogP contribution in [0.1, 0.15) is 84.2 Å². The number of Topliss-reactive ketones (excluding diaryl/α,β-unsaturated/α-hetero) is 1. The van der Waals surface area contributed by atoms with Gasteiger partial charge in [-0.05, 0) is 57.2 Å². The average molecular weight is 507 g/mol. The quantitative estimate of drug-likeness (QED) is 0.362. The van der Waals surface area contributed by atoms with Gasteiger partial charge in [-0.3, -0.25) is 19.0 Å². The minimum absolute atomic E-state index is 0.00593. The van der Waals surface area contributed by atoms with Crippen LogP contribution in [0.4, 0.5) is 11.8 Å². The van der Waals surface area contributed by atoms with Crippen molar-refractivity contribution in [1.29, 1.82) is 0 Å². The van der Waals surface area contributed by atoms with E-state index in [-0.39, 0.29) is 28.9 Å². The van der Waals surface area contributed by atoms with Crippen molar-refractivity contribution >= 4 is 34.5 Å². The lowest BCUT2D eigenvalue weighted by Gasteiger charge is -2.22. The third kappa shape index (κ3) is 5.23. The van der Waals surface area contributed by atoms with Gasteiger partial charge in [0, 0.05) is 36.8 Å². The first-order chi connectivity index (χ1) is 17.9. The molecular formula is C26H30N6O5. The topological polar surface area (TPSA) is 137 Å². The van der Waals surface area contributed by atoms with Crippen LogP contribution in [-0.4, -0.2) is 44.1 Å². The molecule has 1 aliphatic carbocycles. The number of hydrogen-bond donors (Lipinski definition) is 2. The van der Waals surface area contributed by atoms with Crippen LogP contribution < -0.4 is 16.4 Å². The first kappa shape index (κ1) is 25.0. The number of aromatic nitrogens is 4. The standard InChI is InChI=1S/C26H30N6O5/c1-15-19-14-28-26(30-23(19)32(18-7-3-4-8-18)25(35)22(15)16(2)33)29-20-11-10-17(13-27-20)24(34)31-37-21-9-5-6-12-36-21/h10-11,13-14,18,21H,3-9,12H2,1-2H3,(H,31,34)(H,27,28,29,30). The Morgan fingerprint density at radius 3 is 2.54 bits per heavy atom. The number of amides is 1. The number of ketones is 1. The van der Waals surface area contributed by atoms with Gasteiger partial charge in [0.1, 0.15) is 11.5 Å². The molecule has 0 spiro atoms. The molecular weight excluding hydrogens is 476 g/mol. The number of ether oxygens (including phenoxy) is 1. The number of pyridine rings is 2. The summed E-state index contributed by atoms with van der Waals surface area (Å²) < 4.78 is 7.10. The first-order valence-corrected chi connectivity index (χ1v) is 12.7. The molecule has 0 aromatic carbocycles. The lowest BCUT2D eigenvalue weighted by Crippen LogP contribution is -2.33. The van der Waals surface area contributed by atoms with Crippen molar-refractivity contribution in [3.63, 3.8) is 0 Å². The molecule has 1 saturated heterocycles. The second-order valence-electron chi connectivity index (χ2n) is 9.50. The van der Waals surface area contributed by atoms with Crippen LogP contribution in [0.2, 0.25) is 0 Å². The number of hydroxylamine groups is 1. The fraction of sp³-hybridized carbons (Fsp3) is 0.462. The van der Waals surface area contributed by atoms with Crippen LogP contribution in [0.15, 0.2) is 29.3 Å². The molecule has 1 amide bonds. The summed E-state index contributed by atoms with van der Waals surface area (Å²) in [6, 6.07) is 3.23. The van der Waals surface area contributed by atoms with Crippen LogP contribution in [0.3, 0.4) is 0 Å². The van der Waals surface area contributed by atoms with Crippen LogP contribution in [0.5, 0.6) is 0 Å². The Balaban J connectivity index is 1.37. The van der Waals surface area contributed by atoms with Gasteiger partial charge in [-0.1, -0.05) is 12.8 Å². The molecule has 2 N–H and O–H groups in total. The zero-order chi connectivity index (χ0) is 25.9. The van der Waals surface area contributed by atoms with Crippen molar-refractivity contribution < 1.29 is 19.2 Å². The van der Waals surface area contributed by atoms with Gasteiger partial charge < -0.3 is 10.1 Å². The summed E-state index contributed by atoms with van der Waals surface area (Å²) in [7, 11) is 0. The molecule has 194 valence electrons. The molecule has 3 aromatic heterocycles. The molecule has 1 saturated carbocycles. The van der Waals surface area contributed by atoms with Crippen LogP contribution in [0.25, 0.3) is 11.0 Å². The Kier molecular flexibility index (Phi) is 7.24. The Labute approximate surface area is 213 Å². The summed E-state index contributed by atoms with van der Waals surface area (Å²) in [5.41, 5.74) is 3.70. The number of nitrogens with one attached hydrogen (secondary N) is 2. The van der Waals surface area contributed by atoms with E-state index >= 15 is 0 Å². The van der Waals surface area contributed by atoms with Gasteiger partial charge in [-0.15, -0.1) is 0 Å². The molecule has 5 rings (SSSR count). The summed E-state index contributed by atoms with van der Waals surface area (Å²) in [4.78, 5) is 56.7. The van der Waals surface area contributed by atoms with Crippen molar-refractivity contribution in [3.8, 4) is 0 Å². The molecule has 0 radical (unpaired) electrons. The number of fused-ring (bicyclic) bond motifs is 1. The van der Waals surface area contributed by atoms with Crippen molar-refractivity contribution in [2.45, 2.75) is 71.1 Å². The third-order valence-electron chi connectivity index (χ3n) is 6.94. The number of anilines is 2. The second kappa shape index (κ2) is 10.7. The van der Waals surface area contributed by atoms with E-state index in [9.17, 15) is 14.4 Å². The van der Waals surface area contributed by atoms with Gasteiger partial charge in [-0.25, -0.2) is 20.3 Å². The largest absolute Gasteiger partial charge is 0.350 e. The summed E-state index contributed by atoms with van der Waals surface area (Å²) >= 11 is 0. The van der Waals surface area contributed by atoms with E-state index in [1.807, 2.05) is 0 Å². The number of carbonyl (C=O) groups is 2. The molecule has 1 atom stereocenters. The van der Waals surface area contributed by atoms with E-state index in [1.165, 1.54) is 13.1 Å². The summed E-state index contributed by atoms with van der Waals surface area (Å²) in [6.07, 6.45) is 9.11. The highest BCUT2D eigenvalue weighted by atomic mass is 16.8. The summed E-state index contributed by atoms with van der Waals surface area (Å²) in [5, 5.41) is 3.71. The molecule has 37 heavy (non-hydrogen) atoms. The molecule has 4 heterocycles. The Morgan fingerprint density at radius 1 is 1.08 bits per heavy atom.